The Morgan fingerprint density at radius 3 is 2.47 bits per heavy atom. The van der Waals surface area contributed by atoms with Crippen molar-refractivity contribution in [3.8, 4) is 11.8 Å². The molecule has 1 unspecified atom stereocenters. The van der Waals surface area contributed by atoms with Crippen LogP contribution in [-0.2, 0) is 4.79 Å². The molecule has 0 aromatic rings. The van der Waals surface area contributed by atoms with Crippen LogP contribution in [0.3, 0.4) is 0 Å². The van der Waals surface area contributed by atoms with Gasteiger partial charge in [-0.05, 0) is 32.9 Å². The van der Waals surface area contributed by atoms with Crippen molar-refractivity contribution in [2.24, 2.45) is 0 Å². The molecule has 0 radical (unpaired) electrons. The van der Waals surface area contributed by atoms with Gasteiger partial charge in [0.05, 0.1) is 13.1 Å². The maximum atomic E-state index is 11.7. The summed E-state index contributed by atoms with van der Waals surface area (Å²) in [5.41, 5.74) is -1.17. The van der Waals surface area contributed by atoms with Crippen LogP contribution in [0.1, 0.15) is 26.2 Å². The van der Waals surface area contributed by atoms with Gasteiger partial charge in [-0.15, -0.1) is 0 Å². The predicted octanol–water partition coefficient (Wildman–Crippen LogP) is 0.0689. The van der Waals surface area contributed by atoms with Crippen molar-refractivity contribution in [2.45, 2.75) is 31.8 Å². The van der Waals surface area contributed by atoms with Crippen LogP contribution < -0.4 is 0 Å². The van der Waals surface area contributed by atoms with Crippen molar-refractivity contribution >= 4 is 5.91 Å². The van der Waals surface area contributed by atoms with E-state index in [0.29, 0.717) is 19.5 Å². The molecule has 0 aromatic carbocycles. The summed E-state index contributed by atoms with van der Waals surface area (Å²) >= 11 is 0. The molecule has 4 nitrogen and oxygen atoms in total. The molecule has 0 saturated carbocycles. The van der Waals surface area contributed by atoms with Gasteiger partial charge in [0, 0.05) is 13.0 Å². The monoisotopic (exact) mass is 236 g/mol. The molecule has 2 fully saturated rings. The molecule has 94 valence electrons. The zero-order valence-corrected chi connectivity index (χ0v) is 10.4. The van der Waals surface area contributed by atoms with E-state index in [1.165, 1.54) is 12.8 Å². The summed E-state index contributed by atoms with van der Waals surface area (Å²) in [5, 5.41) is 9.71. The van der Waals surface area contributed by atoms with Crippen LogP contribution in [0.15, 0.2) is 0 Å². The second-order valence-electron chi connectivity index (χ2n) is 5.09. The number of carbonyl (C=O) groups is 1. The fourth-order valence-electron chi connectivity index (χ4n) is 2.31. The van der Waals surface area contributed by atoms with E-state index in [0.717, 1.165) is 19.6 Å². The largest absolute Gasteiger partial charge is 0.380 e. The Kier molecular flexibility index (Phi) is 3.70. The minimum Gasteiger partial charge on any atom is -0.380 e. The number of nitrogens with zero attached hydrogens (tertiary/aromatic N) is 2. The molecule has 1 atom stereocenters. The Balaban J connectivity index is 1.75. The van der Waals surface area contributed by atoms with Crippen LogP contribution in [0, 0.1) is 11.8 Å². The van der Waals surface area contributed by atoms with E-state index in [9.17, 15) is 9.90 Å². The molecule has 2 aliphatic rings. The molecular weight excluding hydrogens is 216 g/mol. The number of carbonyl (C=O) groups excluding carboxylic acids is 1. The van der Waals surface area contributed by atoms with E-state index < -0.39 is 5.60 Å². The lowest BCUT2D eigenvalue weighted by Gasteiger charge is -2.16. The zero-order valence-electron chi connectivity index (χ0n) is 10.4. The van der Waals surface area contributed by atoms with Crippen LogP contribution in [0.25, 0.3) is 0 Å². The second kappa shape index (κ2) is 5.07. The highest BCUT2D eigenvalue weighted by Crippen LogP contribution is 2.21. The number of hydrogen-bond donors (Lipinski definition) is 1. The average molecular weight is 236 g/mol. The number of hydrogen-bond acceptors (Lipinski definition) is 3. The summed E-state index contributed by atoms with van der Waals surface area (Å²) in [5.74, 6) is 5.94. The Bertz CT molecular complexity index is 348. The lowest BCUT2D eigenvalue weighted by Crippen LogP contribution is -2.37. The smallest absolute Gasteiger partial charge is 0.255 e. The van der Waals surface area contributed by atoms with Gasteiger partial charge in [-0.2, -0.15) is 0 Å². The third-order valence-electron chi connectivity index (χ3n) is 3.51. The standard InChI is InChI=1S/C13H20N2O2/c1-13(17)6-11-15(12(13)16)10-5-4-9-14-7-2-3-8-14/h17H,2-3,6-11H2,1H3. The molecule has 1 N–H and O–H groups in total. The van der Waals surface area contributed by atoms with Crippen LogP contribution in [0.5, 0.6) is 0 Å². The molecule has 0 aliphatic carbocycles. The molecule has 2 saturated heterocycles. The van der Waals surface area contributed by atoms with E-state index >= 15 is 0 Å². The summed E-state index contributed by atoms with van der Waals surface area (Å²) in [7, 11) is 0. The van der Waals surface area contributed by atoms with Crippen molar-refractivity contribution in [3.63, 3.8) is 0 Å². The van der Waals surface area contributed by atoms with Gasteiger partial charge >= 0.3 is 0 Å². The van der Waals surface area contributed by atoms with Crippen molar-refractivity contribution < 1.29 is 9.90 Å². The lowest BCUT2D eigenvalue weighted by molar-refractivity contribution is -0.141. The first-order valence-corrected chi connectivity index (χ1v) is 6.29. The summed E-state index contributed by atoms with van der Waals surface area (Å²) < 4.78 is 0. The zero-order chi connectivity index (χ0) is 12.3. The van der Waals surface area contributed by atoms with Gasteiger partial charge in [0.25, 0.3) is 5.91 Å². The van der Waals surface area contributed by atoms with Crippen LogP contribution in [0.2, 0.25) is 0 Å². The van der Waals surface area contributed by atoms with Crippen LogP contribution >= 0.6 is 0 Å². The van der Waals surface area contributed by atoms with E-state index in [4.69, 9.17) is 0 Å². The molecular formula is C13H20N2O2. The topological polar surface area (TPSA) is 43.8 Å². The minimum atomic E-state index is -1.17. The molecule has 4 heteroatoms. The number of aliphatic hydroxyl groups is 1. The molecule has 0 bridgehead atoms. The maximum Gasteiger partial charge on any atom is 0.255 e. The molecule has 2 aliphatic heterocycles. The number of amides is 1. The summed E-state index contributed by atoms with van der Waals surface area (Å²) in [4.78, 5) is 15.6. The summed E-state index contributed by atoms with van der Waals surface area (Å²) in [6.45, 7) is 5.73. The summed E-state index contributed by atoms with van der Waals surface area (Å²) in [6.07, 6.45) is 3.06. The maximum absolute atomic E-state index is 11.7. The number of likely N-dealkylation sites (tertiary alicyclic amines) is 2. The first kappa shape index (κ1) is 12.4. The predicted molar refractivity (Wildman–Crippen MR) is 65.3 cm³/mol. The molecule has 2 rings (SSSR count). The normalized spacial score (nSPS) is 29.5. The summed E-state index contributed by atoms with van der Waals surface area (Å²) in [6, 6.07) is 0. The Hall–Kier alpha value is -1.05. The van der Waals surface area contributed by atoms with Crippen molar-refractivity contribution in [1.29, 1.82) is 0 Å². The molecule has 17 heavy (non-hydrogen) atoms. The van der Waals surface area contributed by atoms with Crippen molar-refractivity contribution in [1.82, 2.24) is 9.80 Å². The van der Waals surface area contributed by atoms with E-state index in [2.05, 4.69) is 16.7 Å². The van der Waals surface area contributed by atoms with Gasteiger partial charge in [0.1, 0.15) is 5.60 Å². The van der Waals surface area contributed by atoms with E-state index in [-0.39, 0.29) is 5.91 Å². The fraction of sp³-hybridized carbons (Fsp3) is 0.769. The number of rotatable bonds is 2. The highest BCUT2D eigenvalue weighted by atomic mass is 16.3. The Labute approximate surface area is 103 Å². The molecule has 1 amide bonds. The van der Waals surface area contributed by atoms with Gasteiger partial charge in [0.2, 0.25) is 0 Å². The Morgan fingerprint density at radius 2 is 1.88 bits per heavy atom. The highest BCUT2D eigenvalue weighted by Gasteiger charge is 2.40. The first-order valence-electron chi connectivity index (χ1n) is 6.29. The first-order chi connectivity index (χ1) is 8.09. The van der Waals surface area contributed by atoms with Gasteiger partial charge in [0.15, 0.2) is 0 Å². The quantitative estimate of drug-likeness (QED) is 0.690. The third kappa shape index (κ3) is 2.99. The fourth-order valence-corrected chi connectivity index (χ4v) is 2.31. The van der Waals surface area contributed by atoms with Crippen molar-refractivity contribution in [2.75, 3.05) is 32.7 Å². The molecule has 0 aromatic heterocycles. The highest BCUT2D eigenvalue weighted by molar-refractivity contribution is 5.86. The average Bonchev–Trinajstić information content (AvgIpc) is 2.87. The van der Waals surface area contributed by atoms with Crippen molar-refractivity contribution in [3.05, 3.63) is 0 Å². The Morgan fingerprint density at radius 1 is 1.24 bits per heavy atom. The van der Waals surface area contributed by atoms with E-state index in [1.807, 2.05) is 0 Å². The second-order valence-corrected chi connectivity index (χ2v) is 5.09. The van der Waals surface area contributed by atoms with Crippen LogP contribution in [-0.4, -0.2) is 59.1 Å². The van der Waals surface area contributed by atoms with Gasteiger partial charge in [-0.3, -0.25) is 9.69 Å². The van der Waals surface area contributed by atoms with Gasteiger partial charge < -0.3 is 10.0 Å². The molecule has 2 heterocycles. The van der Waals surface area contributed by atoms with Gasteiger partial charge in [-0.25, -0.2) is 0 Å². The SMILES string of the molecule is CC1(O)CCN(CC#CCN2CCCC2)C1=O. The lowest BCUT2D eigenvalue weighted by atomic mass is 10.1. The third-order valence-corrected chi connectivity index (χ3v) is 3.51. The minimum absolute atomic E-state index is 0.187. The van der Waals surface area contributed by atoms with Gasteiger partial charge in [-0.1, -0.05) is 11.8 Å². The van der Waals surface area contributed by atoms with Crippen LogP contribution in [0.4, 0.5) is 0 Å². The molecule has 0 spiro atoms. The van der Waals surface area contributed by atoms with E-state index in [1.54, 1.807) is 11.8 Å².